The molecule has 5 rings (SSSR count). The van der Waals surface area contributed by atoms with Gasteiger partial charge >= 0.3 is 6.18 Å². The molecule has 0 bridgehead atoms. The third-order valence-electron chi connectivity index (χ3n) is 5.97. The molecule has 1 unspecified atom stereocenters. The first-order valence-electron chi connectivity index (χ1n) is 10.2. The monoisotopic (exact) mass is 450 g/mol. The summed E-state index contributed by atoms with van der Waals surface area (Å²) >= 11 is 0. The van der Waals surface area contributed by atoms with Gasteiger partial charge in [-0.05, 0) is 65.2 Å². The van der Waals surface area contributed by atoms with Crippen LogP contribution >= 0.6 is 0 Å². The lowest BCUT2D eigenvalue weighted by atomic mass is 9.80. The van der Waals surface area contributed by atoms with Crippen molar-refractivity contribution in [1.82, 2.24) is 9.78 Å². The van der Waals surface area contributed by atoms with E-state index in [4.69, 9.17) is 0 Å². The third-order valence-corrected chi connectivity index (χ3v) is 5.97. The number of rotatable bonds is 3. The molecule has 4 aromatic carbocycles. The van der Waals surface area contributed by atoms with Crippen LogP contribution in [0.15, 0.2) is 85.1 Å². The molecular formula is C26H18F4N2O. The fourth-order valence-electron chi connectivity index (χ4n) is 4.36. The van der Waals surface area contributed by atoms with E-state index in [9.17, 15) is 22.7 Å². The first-order chi connectivity index (χ1) is 15.7. The topological polar surface area (TPSA) is 38.1 Å². The number of hydrogen-bond donors (Lipinski definition) is 1. The van der Waals surface area contributed by atoms with Crippen molar-refractivity contribution < 1.29 is 22.7 Å². The highest BCUT2D eigenvalue weighted by Crippen LogP contribution is 2.48. The Kier molecular flexibility index (Phi) is 4.76. The lowest BCUT2D eigenvalue weighted by Crippen LogP contribution is -2.44. The first-order valence-corrected chi connectivity index (χ1v) is 10.2. The second-order valence-electron chi connectivity index (χ2n) is 7.99. The van der Waals surface area contributed by atoms with Crippen LogP contribution in [0.3, 0.4) is 0 Å². The van der Waals surface area contributed by atoms with Gasteiger partial charge in [0.05, 0.1) is 17.4 Å². The van der Waals surface area contributed by atoms with E-state index >= 15 is 0 Å². The average Bonchev–Trinajstić information content (AvgIpc) is 3.21. The quantitative estimate of drug-likeness (QED) is 0.322. The Labute approximate surface area is 186 Å². The maximum atomic E-state index is 14.6. The molecule has 0 saturated carbocycles. The Morgan fingerprint density at radius 1 is 0.848 bits per heavy atom. The first kappa shape index (κ1) is 21.2. The fourth-order valence-corrected chi connectivity index (χ4v) is 4.36. The van der Waals surface area contributed by atoms with Crippen molar-refractivity contribution in [2.75, 3.05) is 0 Å². The van der Waals surface area contributed by atoms with Crippen molar-refractivity contribution in [3.63, 3.8) is 0 Å². The predicted octanol–water partition coefficient (Wildman–Crippen LogP) is 6.42. The lowest BCUT2D eigenvalue weighted by molar-refractivity contribution is -0.248. The second-order valence-corrected chi connectivity index (χ2v) is 7.99. The van der Waals surface area contributed by atoms with Gasteiger partial charge < -0.3 is 5.11 Å². The van der Waals surface area contributed by atoms with Crippen LogP contribution in [0, 0.1) is 12.7 Å². The summed E-state index contributed by atoms with van der Waals surface area (Å²) in [7, 11) is 0. The van der Waals surface area contributed by atoms with Gasteiger partial charge in [0.25, 0.3) is 0 Å². The zero-order valence-electron chi connectivity index (χ0n) is 17.4. The van der Waals surface area contributed by atoms with Crippen LogP contribution in [0.2, 0.25) is 0 Å². The molecule has 0 aliphatic rings. The van der Waals surface area contributed by atoms with Gasteiger partial charge in [0.2, 0.25) is 5.60 Å². The molecule has 1 aromatic heterocycles. The van der Waals surface area contributed by atoms with E-state index in [1.54, 1.807) is 43.3 Å². The standard InChI is InChI=1S/C26H18F4N2O/c1-16-6-7-17-4-2-3-5-22(17)24(16)25(33,26(28,29)30)19-8-13-23-18(14-19)15-31-32(23)21-11-9-20(27)10-12-21/h2-15,33H,1H3. The Morgan fingerprint density at radius 3 is 2.30 bits per heavy atom. The van der Waals surface area contributed by atoms with Gasteiger partial charge in [-0.3, -0.25) is 0 Å². The Hall–Kier alpha value is -3.71. The number of aryl methyl sites for hydroxylation is 1. The number of benzene rings is 4. The number of nitrogens with zero attached hydrogens (tertiary/aromatic N) is 2. The Balaban J connectivity index is 1.74. The maximum absolute atomic E-state index is 14.6. The molecule has 1 N–H and O–H groups in total. The van der Waals surface area contributed by atoms with Crippen molar-refractivity contribution in [3.05, 3.63) is 108 Å². The number of fused-ring (bicyclic) bond motifs is 2. The molecule has 0 radical (unpaired) electrons. The third kappa shape index (κ3) is 3.27. The van der Waals surface area contributed by atoms with E-state index in [0.717, 1.165) is 0 Å². The van der Waals surface area contributed by atoms with Crippen molar-refractivity contribution in [2.24, 2.45) is 0 Å². The van der Waals surface area contributed by atoms with E-state index in [0.29, 0.717) is 32.9 Å². The highest BCUT2D eigenvalue weighted by Gasteiger charge is 2.57. The van der Waals surface area contributed by atoms with Gasteiger partial charge in [0.1, 0.15) is 5.82 Å². The van der Waals surface area contributed by atoms with Gasteiger partial charge in [0, 0.05) is 10.9 Å². The minimum atomic E-state index is -4.98. The molecule has 7 heteroatoms. The summed E-state index contributed by atoms with van der Waals surface area (Å²) in [4.78, 5) is 0. The van der Waals surface area contributed by atoms with Gasteiger partial charge in [-0.15, -0.1) is 0 Å². The molecule has 0 aliphatic carbocycles. The highest BCUT2D eigenvalue weighted by molar-refractivity contribution is 5.89. The molecule has 0 aliphatic heterocycles. The summed E-state index contributed by atoms with van der Waals surface area (Å²) in [5, 5.41) is 17.0. The van der Waals surface area contributed by atoms with Crippen LogP contribution < -0.4 is 0 Å². The molecule has 33 heavy (non-hydrogen) atoms. The summed E-state index contributed by atoms with van der Waals surface area (Å²) < 4.78 is 58.5. The molecule has 0 saturated heterocycles. The number of aliphatic hydroxyl groups is 1. The molecule has 1 heterocycles. The van der Waals surface area contributed by atoms with E-state index in [-0.39, 0.29) is 11.1 Å². The predicted molar refractivity (Wildman–Crippen MR) is 119 cm³/mol. The largest absolute Gasteiger partial charge is 0.425 e. The van der Waals surface area contributed by atoms with Crippen LogP contribution in [-0.4, -0.2) is 21.1 Å². The van der Waals surface area contributed by atoms with Crippen molar-refractivity contribution in [3.8, 4) is 5.69 Å². The number of aromatic nitrogens is 2. The molecule has 1 atom stereocenters. The number of alkyl halides is 3. The molecular weight excluding hydrogens is 432 g/mol. The Morgan fingerprint density at radius 2 is 1.58 bits per heavy atom. The maximum Gasteiger partial charge on any atom is 0.425 e. The fraction of sp³-hybridized carbons (Fsp3) is 0.115. The summed E-state index contributed by atoms with van der Waals surface area (Å²) in [6.07, 6.45) is -3.56. The summed E-state index contributed by atoms with van der Waals surface area (Å²) in [5.74, 6) is -0.404. The summed E-state index contributed by atoms with van der Waals surface area (Å²) in [6.45, 7) is 1.56. The van der Waals surface area contributed by atoms with E-state index in [1.807, 2.05) is 0 Å². The van der Waals surface area contributed by atoms with Gasteiger partial charge in [-0.1, -0.05) is 42.5 Å². The minimum absolute atomic E-state index is 0.196. The van der Waals surface area contributed by atoms with Crippen molar-refractivity contribution in [1.29, 1.82) is 0 Å². The zero-order valence-corrected chi connectivity index (χ0v) is 17.4. The van der Waals surface area contributed by atoms with Crippen LogP contribution in [0.25, 0.3) is 27.4 Å². The summed E-state index contributed by atoms with van der Waals surface area (Å²) in [5.41, 5.74) is -2.31. The normalized spacial score (nSPS) is 14.0. The second kappa shape index (κ2) is 7.42. The van der Waals surface area contributed by atoms with Gasteiger partial charge in [-0.2, -0.15) is 18.3 Å². The summed E-state index contributed by atoms with van der Waals surface area (Å²) in [6, 6.07) is 19.7. The molecule has 5 aromatic rings. The number of halogens is 4. The average molecular weight is 450 g/mol. The van der Waals surface area contributed by atoms with Crippen LogP contribution in [0.1, 0.15) is 16.7 Å². The van der Waals surface area contributed by atoms with Crippen LogP contribution in [-0.2, 0) is 5.60 Å². The molecule has 0 fully saturated rings. The molecule has 0 amide bonds. The molecule has 166 valence electrons. The van der Waals surface area contributed by atoms with E-state index in [2.05, 4.69) is 5.10 Å². The molecule has 3 nitrogen and oxygen atoms in total. The minimum Gasteiger partial charge on any atom is -0.372 e. The van der Waals surface area contributed by atoms with E-state index in [1.165, 1.54) is 53.3 Å². The van der Waals surface area contributed by atoms with Crippen LogP contribution in [0.4, 0.5) is 17.6 Å². The lowest BCUT2D eigenvalue weighted by Gasteiger charge is -2.34. The highest BCUT2D eigenvalue weighted by atomic mass is 19.4. The smallest absolute Gasteiger partial charge is 0.372 e. The Bertz CT molecular complexity index is 1490. The van der Waals surface area contributed by atoms with E-state index < -0.39 is 17.6 Å². The van der Waals surface area contributed by atoms with Gasteiger partial charge in [-0.25, -0.2) is 9.07 Å². The van der Waals surface area contributed by atoms with Gasteiger partial charge in [0.15, 0.2) is 0 Å². The SMILES string of the molecule is Cc1ccc2ccccc2c1C(O)(c1ccc2c(cnn2-c2ccc(F)cc2)c1)C(F)(F)F. The van der Waals surface area contributed by atoms with Crippen molar-refractivity contribution >= 4 is 21.7 Å². The van der Waals surface area contributed by atoms with Crippen molar-refractivity contribution in [2.45, 2.75) is 18.7 Å². The molecule has 0 spiro atoms. The zero-order chi connectivity index (χ0) is 23.4. The van der Waals surface area contributed by atoms with Crippen LogP contribution in [0.5, 0.6) is 0 Å². The number of hydrogen-bond acceptors (Lipinski definition) is 2.